The van der Waals surface area contributed by atoms with Crippen molar-refractivity contribution in [1.82, 2.24) is 24.9 Å². The molecule has 3 aromatic rings. The Morgan fingerprint density at radius 2 is 1.97 bits per heavy atom. The fraction of sp³-hybridized carbons (Fsp3) is 0.423. The number of benzene rings is 1. The fourth-order valence-corrected chi connectivity index (χ4v) is 4.79. The molecule has 35 heavy (non-hydrogen) atoms. The molecule has 0 atom stereocenters. The molecule has 0 spiro atoms. The molecule has 0 aliphatic carbocycles. The third-order valence-electron chi connectivity index (χ3n) is 6.70. The molecular formula is C26H31N5O4. The van der Waals surface area contributed by atoms with Gasteiger partial charge in [-0.3, -0.25) is 19.2 Å². The standard InChI is InChI=1S/C26H31N5O4/c1-29-22-8-11-31(26(33)20-6-2-5-19(17-20)23-7-3-14-35-23)18-21(22)24(28-29)25(32)27-9-4-10-30-12-15-34-16-13-30/h2-3,5-7,14,17H,4,8-13,15-16,18H2,1H3,(H,27,32). The van der Waals surface area contributed by atoms with E-state index in [1.807, 2.05) is 43.4 Å². The summed E-state index contributed by atoms with van der Waals surface area (Å²) in [6.07, 6.45) is 3.15. The summed E-state index contributed by atoms with van der Waals surface area (Å²) >= 11 is 0. The maximum atomic E-state index is 13.3. The monoisotopic (exact) mass is 477 g/mol. The third-order valence-corrected chi connectivity index (χ3v) is 6.70. The summed E-state index contributed by atoms with van der Waals surface area (Å²) in [4.78, 5) is 30.4. The summed E-state index contributed by atoms with van der Waals surface area (Å²) in [5.41, 5.74) is 3.71. The van der Waals surface area contributed by atoms with Gasteiger partial charge in [-0.2, -0.15) is 5.10 Å². The van der Waals surface area contributed by atoms with Gasteiger partial charge in [0.05, 0.1) is 26.0 Å². The molecule has 0 bridgehead atoms. The van der Waals surface area contributed by atoms with Crippen LogP contribution in [0.2, 0.25) is 0 Å². The van der Waals surface area contributed by atoms with E-state index < -0.39 is 0 Å². The lowest BCUT2D eigenvalue weighted by molar-refractivity contribution is 0.0374. The van der Waals surface area contributed by atoms with Gasteiger partial charge in [0.2, 0.25) is 0 Å². The number of ether oxygens (including phenoxy) is 1. The molecule has 2 aromatic heterocycles. The minimum absolute atomic E-state index is 0.0650. The van der Waals surface area contributed by atoms with Gasteiger partial charge in [0.15, 0.2) is 5.69 Å². The van der Waals surface area contributed by atoms with Crippen LogP contribution >= 0.6 is 0 Å². The van der Waals surface area contributed by atoms with Crippen molar-refractivity contribution >= 4 is 11.8 Å². The Balaban J connectivity index is 1.23. The average molecular weight is 478 g/mol. The van der Waals surface area contributed by atoms with Gasteiger partial charge in [-0.05, 0) is 37.2 Å². The zero-order valence-corrected chi connectivity index (χ0v) is 20.0. The first-order valence-electron chi connectivity index (χ1n) is 12.2. The number of aromatic nitrogens is 2. The zero-order valence-electron chi connectivity index (χ0n) is 20.0. The molecule has 1 fully saturated rings. The molecule has 0 unspecified atom stereocenters. The molecule has 2 aliphatic rings. The van der Waals surface area contributed by atoms with Crippen LogP contribution in [0.15, 0.2) is 47.1 Å². The van der Waals surface area contributed by atoms with Crippen molar-refractivity contribution in [3.63, 3.8) is 0 Å². The van der Waals surface area contributed by atoms with Gasteiger partial charge in [-0.1, -0.05) is 12.1 Å². The van der Waals surface area contributed by atoms with E-state index in [4.69, 9.17) is 9.15 Å². The minimum atomic E-state index is -0.182. The second kappa shape index (κ2) is 10.5. The van der Waals surface area contributed by atoms with Gasteiger partial charge in [0.25, 0.3) is 11.8 Å². The van der Waals surface area contributed by atoms with Crippen LogP contribution in [0.1, 0.15) is 38.5 Å². The summed E-state index contributed by atoms with van der Waals surface area (Å²) in [7, 11) is 1.86. The normalized spacial score (nSPS) is 16.2. The number of hydrogen-bond donors (Lipinski definition) is 1. The van der Waals surface area contributed by atoms with Crippen LogP contribution in [0.4, 0.5) is 0 Å². The van der Waals surface area contributed by atoms with Gasteiger partial charge in [0, 0.05) is 62.0 Å². The molecule has 1 N–H and O–H groups in total. The Morgan fingerprint density at radius 3 is 2.77 bits per heavy atom. The number of aryl methyl sites for hydroxylation is 1. The number of fused-ring (bicyclic) bond motifs is 1. The second-order valence-corrected chi connectivity index (χ2v) is 9.00. The smallest absolute Gasteiger partial charge is 0.272 e. The molecule has 4 heterocycles. The molecule has 9 heteroatoms. The van der Waals surface area contributed by atoms with Crippen molar-refractivity contribution in [2.45, 2.75) is 19.4 Å². The molecule has 5 rings (SSSR count). The minimum Gasteiger partial charge on any atom is -0.464 e. The van der Waals surface area contributed by atoms with Crippen molar-refractivity contribution in [1.29, 1.82) is 0 Å². The number of carbonyl (C=O) groups excluding carboxylic acids is 2. The van der Waals surface area contributed by atoms with Crippen molar-refractivity contribution in [2.75, 3.05) is 45.9 Å². The Kier molecular flexibility index (Phi) is 6.96. The quantitative estimate of drug-likeness (QED) is 0.525. The zero-order chi connectivity index (χ0) is 24.2. The van der Waals surface area contributed by atoms with Gasteiger partial charge in [-0.15, -0.1) is 0 Å². The maximum Gasteiger partial charge on any atom is 0.272 e. The maximum absolute atomic E-state index is 13.3. The molecule has 1 saturated heterocycles. The van der Waals surface area contributed by atoms with Gasteiger partial charge < -0.3 is 19.4 Å². The van der Waals surface area contributed by atoms with Gasteiger partial charge >= 0.3 is 0 Å². The van der Waals surface area contributed by atoms with E-state index in [9.17, 15) is 9.59 Å². The average Bonchev–Trinajstić information content (AvgIpc) is 3.55. The lowest BCUT2D eigenvalue weighted by Crippen LogP contribution is -2.38. The molecule has 0 radical (unpaired) electrons. The van der Waals surface area contributed by atoms with Crippen LogP contribution in [0, 0.1) is 0 Å². The highest BCUT2D eigenvalue weighted by molar-refractivity contribution is 5.97. The fourth-order valence-electron chi connectivity index (χ4n) is 4.79. The molecule has 9 nitrogen and oxygen atoms in total. The van der Waals surface area contributed by atoms with Crippen molar-refractivity contribution in [3.8, 4) is 11.3 Å². The summed E-state index contributed by atoms with van der Waals surface area (Å²) in [6.45, 7) is 5.89. The van der Waals surface area contributed by atoms with Crippen LogP contribution < -0.4 is 5.32 Å². The number of rotatable bonds is 7. The van der Waals surface area contributed by atoms with Crippen molar-refractivity contribution in [3.05, 3.63) is 65.2 Å². The number of furan rings is 1. The molecule has 2 aliphatic heterocycles. The molecular weight excluding hydrogens is 446 g/mol. The first kappa shape index (κ1) is 23.3. The number of nitrogens with zero attached hydrogens (tertiary/aromatic N) is 4. The van der Waals surface area contributed by atoms with Crippen LogP contribution in [-0.4, -0.2) is 77.3 Å². The van der Waals surface area contributed by atoms with Crippen molar-refractivity contribution < 1.29 is 18.7 Å². The van der Waals surface area contributed by atoms with Crippen LogP contribution in [0.3, 0.4) is 0 Å². The number of carbonyl (C=O) groups is 2. The highest BCUT2D eigenvalue weighted by Gasteiger charge is 2.29. The molecule has 1 aromatic carbocycles. The predicted octanol–water partition coefficient (Wildman–Crippen LogP) is 2.33. The lowest BCUT2D eigenvalue weighted by Gasteiger charge is -2.28. The Hall–Kier alpha value is -3.43. The predicted molar refractivity (Wildman–Crippen MR) is 130 cm³/mol. The third kappa shape index (κ3) is 5.16. The van der Waals surface area contributed by atoms with E-state index in [1.54, 1.807) is 15.8 Å². The molecule has 2 amide bonds. The number of morpholine rings is 1. The van der Waals surface area contributed by atoms with Gasteiger partial charge in [0.1, 0.15) is 5.76 Å². The Bertz CT molecular complexity index is 1180. The van der Waals surface area contributed by atoms with E-state index in [0.29, 0.717) is 37.3 Å². The van der Waals surface area contributed by atoms with Crippen LogP contribution in [0.25, 0.3) is 11.3 Å². The van der Waals surface area contributed by atoms with Crippen molar-refractivity contribution in [2.24, 2.45) is 7.05 Å². The first-order chi connectivity index (χ1) is 17.1. The highest BCUT2D eigenvalue weighted by atomic mass is 16.5. The Morgan fingerprint density at radius 1 is 1.11 bits per heavy atom. The summed E-state index contributed by atoms with van der Waals surface area (Å²) in [5, 5.41) is 7.52. The van der Waals surface area contributed by atoms with Crippen LogP contribution in [-0.2, 0) is 24.8 Å². The lowest BCUT2D eigenvalue weighted by atomic mass is 10.0. The largest absolute Gasteiger partial charge is 0.464 e. The molecule has 184 valence electrons. The first-order valence-corrected chi connectivity index (χ1v) is 12.2. The summed E-state index contributed by atoms with van der Waals surface area (Å²) in [6, 6.07) is 11.1. The van der Waals surface area contributed by atoms with E-state index >= 15 is 0 Å². The number of hydrogen-bond acceptors (Lipinski definition) is 6. The van der Waals surface area contributed by atoms with E-state index in [1.165, 1.54) is 0 Å². The van der Waals surface area contributed by atoms with Gasteiger partial charge in [-0.25, -0.2) is 0 Å². The Labute approximate surface area is 204 Å². The van der Waals surface area contributed by atoms with Crippen LogP contribution in [0.5, 0.6) is 0 Å². The second-order valence-electron chi connectivity index (χ2n) is 9.00. The number of amides is 2. The van der Waals surface area contributed by atoms with E-state index in [0.717, 1.165) is 61.8 Å². The summed E-state index contributed by atoms with van der Waals surface area (Å²) in [5.74, 6) is 0.475. The van der Waals surface area contributed by atoms with E-state index in [2.05, 4.69) is 15.3 Å². The highest BCUT2D eigenvalue weighted by Crippen LogP contribution is 2.25. The topological polar surface area (TPSA) is 92.8 Å². The van der Waals surface area contributed by atoms with E-state index in [-0.39, 0.29) is 11.8 Å². The SMILES string of the molecule is Cn1nc(C(=O)NCCCN2CCOCC2)c2c1CCN(C(=O)c1cccc(-c3ccco3)c1)C2. The summed E-state index contributed by atoms with van der Waals surface area (Å²) < 4.78 is 12.6. The number of nitrogens with one attached hydrogen (secondary N) is 1. The molecule has 0 saturated carbocycles.